The van der Waals surface area contributed by atoms with E-state index in [0.29, 0.717) is 20.5 Å². The molecule has 0 unspecified atom stereocenters. The Kier molecular flexibility index (Phi) is 4.77. The van der Waals surface area contributed by atoms with Gasteiger partial charge in [0.1, 0.15) is 11.2 Å². The van der Waals surface area contributed by atoms with Gasteiger partial charge < -0.3 is 5.32 Å². The van der Waals surface area contributed by atoms with Crippen LogP contribution >= 0.6 is 34.3 Å². The van der Waals surface area contributed by atoms with E-state index in [-0.39, 0.29) is 5.56 Å². The number of aryl methyl sites for hydroxylation is 2. The second-order valence-electron chi connectivity index (χ2n) is 5.77. The number of aromatic nitrogens is 3. The quantitative estimate of drug-likeness (QED) is 0.485. The second kappa shape index (κ2) is 7.22. The Bertz CT molecular complexity index is 1210. The van der Waals surface area contributed by atoms with E-state index in [4.69, 9.17) is 11.6 Å². The molecule has 0 saturated carbocycles. The predicted octanol–water partition coefficient (Wildman–Crippen LogP) is 4.81. The lowest BCUT2D eigenvalue weighted by atomic mass is 10.2. The number of fused-ring (bicyclic) bond motifs is 1. The topological polar surface area (TPSA) is 72.2 Å². The van der Waals surface area contributed by atoms with E-state index in [0.717, 1.165) is 21.0 Å². The number of rotatable bonds is 4. The van der Waals surface area contributed by atoms with Crippen molar-refractivity contribution in [1.82, 2.24) is 14.6 Å². The van der Waals surface area contributed by atoms with Crippen LogP contribution < -0.4 is 10.9 Å². The Balaban J connectivity index is 1.64. The number of halogens is 1. The minimum atomic E-state index is -0.193. The molecule has 0 radical (unpaired) electrons. The van der Waals surface area contributed by atoms with Gasteiger partial charge >= 0.3 is 0 Å². The molecule has 0 aliphatic heterocycles. The maximum Gasteiger partial charge on any atom is 0.282 e. The zero-order valence-corrected chi connectivity index (χ0v) is 16.8. The predicted molar refractivity (Wildman–Crippen MR) is 113 cm³/mol. The molecule has 0 bridgehead atoms. The van der Waals surface area contributed by atoms with E-state index >= 15 is 0 Å². The highest BCUT2D eigenvalue weighted by molar-refractivity contribution is 7.18. The van der Waals surface area contributed by atoms with Crippen molar-refractivity contribution >= 4 is 61.5 Å². The van der Waals surface area contributed by atoms with E-state index in [2.05, 4.69) is 20.4 Å². The first kappa shape index (κ1) is 17.8. The molecule has 6 nitrogen and oxygen atoms in total. The monoisotopic (exact) mass is 415 g/mol. The molecule has 0 fully saturated rings. The summed E-state index contributed by atoms with van der Waals surface area (Å²) in [6.07, 6.45) is 2.95. The average Bonchev–Trinajstić information content (AvgIpc) is 3.15. The summed E-state index contributed by atoms with van der Waals surface area (Å²) in [4.78, 5) is 23.8. The summed E-state index contributed by atoms with van der Waals surface area (Å²) in [6, 6.07) is 9.69. The Morgan fingerprint density at radius 3 is 2.78 bits per heavy atom. The van der Waals surface area contributed by atoms with Crippen molar-refractivity contribution in [2.24, 2.45) is 5.10 Å². The van der Waals surface area contributed by atoms with Gasteiger partial charge in [-0.2, -0.15) is 9.78 Å². The third kappa shape index (κ3) is 3.51. The fourth-order valence-electron chi connectivity index (χ4n) is 2.51. The number of anilines is 2. The van der Waals surface area contributed by atoms with E-state index in [1.54, 1.807) is 0 Å². The maximum atomic E-state index is 12.7. The van der Waals surface area contributed by atoms with Crippen LogP contribution in [-0.4, -0.2) is 20.9 Å². The molecule has 0 amide bonds. The van der Waals surface area contributed by atoms with Gasteiger partial charge in [-0.3, -0.25) is 4.79 Å². The smallest absolute Gasteiger partial charge is 0.282 e. The number of nitrogens with one attached hydrogen (secondary N) is 1. The fraction of sp³-hybridized carbons (Fsp3) is 0.111. The van der Waals surface area contributed by atoms with Crippen molar-refractivity contribution in [3.63, 3.8) is 0 Å². The third-order valence-electron chi connectivity index (χ3n) is 4.01. The Labute approximate surface area is 167 Å². The maximum absolute atomic E-state index is 12.7. The molecule has 3 aromatic heterocycles. The number of benzene rings is 1. The lowest BCUT2D eigenvalue weighted by Gasteiger charge is -2.00. The van der Waals surface area contributed by atoms with Gasteiger partial charge in [-0.15, -0.1) is 11.3 Å². The van der Waals surface area contributed by atoms with Crippen molar-refractivity contribution in [2.45, 2.75) is 13.8 Å². The van der Waals surface area contributed by atoms with Crippen LogP contribution in [0.4, 0.5) is 10.8 Å². The van der Waals surface area contributed by atoms with Crippen LogP contribution in [0.3, 0.4) is 0 Å². The van der Waals surface area contributed by atoms with Crippen molar-refractivity contribution in [3.8, 4) is 0 Å². The standard InChI is InChI=1S/C18H14ClN5OS2/c1-10-11(2)26-16-14(10)17(25)24(9-20-16)21-8-13-15(19)23-18(27-13)22-12-6-4-3-5-7-12/h3-9H,1-2H3,(H,22,23)/b21-8+. The Morgan fingerprint density at radius 2 is 2.00 bits per heavy atom. The number of hydrogen-bond acceptors (Lipinski definition) is 7. The van der Waals surface area contributed by atoms with Crippen molar-refractivity contribution in [1.29, 1.82) is 0 Å². The fourth-order valence-corrected chi connectivity index (χ4v) is 4.54. The van der Waals surface area contributed by atoms with Crippen LogP contribution in [0.1, 0.15) is 15.3 Å². The van der Waals surface area contributed by atoms with Gasteiger partial charge in [0, 0.05) is 10.6 Å². The van der Waals surface area contributed by atoms with Gasteiger partial charge in [0.05, 0.1) is 16.5 Å². The molecule has 0 aliphatic carbocycles. The normalized spacial score (nSPS) is 11.5. The average molecular weight is 416 g/mol. The summed E-state index contributed by atoms with van der Waals surface area (Å²) < 4.78 is 1.22. The van der Waals surface area contributed by atoms with Gasteiger partial charge in [0.15, 0.2) is 10.3 Å². The zero-order chi connectivity index (χ0) is 19.0. The van der Waals surface area contributed by atoms with Crippen LogP contribution in [-0.2, 0) is 0 Å². The van der Waals surface area contributed by atoms with Gasteiger partial charge in [0.2, 0.25) is 0 Å². The zero-order valence-electron chi connectivity index (χ0n) is 14.4. The van der Waals surface area contributed by atoms with E-state index in [9.17, 15) is 4.79 Å². The van der Waals surface area contributed by atoms with Crippen LogP contribution in [0.2, 0.25) is 5.15 Å². The van der Waals surface area contributed by atoms with Gasteiger partial charge in [-0.1, -0.05) is 41.1 Å². The van der Waals surface area contributed by atoms with E-state index < -0.39 is 0 Å². The van der Waals surface area contributed by atoms with Crippen LogP contribution in [0.25, 0.3) is 10.2 Å². The number of para-hydroxylation sites is 1. The first-order chi connectivity index (χ1) is 13.0. The van der Waals surface area contributed by atoms with Crippen molar-refractivity contribution in [2.75, 3.05) is 5.32 Å². The molecule has 4 aromatic rings. The van der Waals surface area contributed by atoms with Crippen molar-refractivity contribution < 1.29 is 0 Å². The molecule has 0 atom stereocenters. The number of thiophene rings is 1. The molecule has 0 spiro atoms. The lowest BCUT2D eigenvalue weighted by Crippen LogP contribution is -2.16. The summed E-state index contributed by atoms with van der Waals surface area (Å²) in [7, 11) is 0. The Morgan fingerprint density at radius 1 is 1.22 bits per heavy atom. The molecule has 9 heteroatoms. The molecule has 3 heterocycles. The number of thiazole rings is 1. The first-order valence-electron chi connectivity index (χ1n) is 8.03. The molecule has 0 aliphatic rings. The van der Waals surface area contributed by atoms with Crippen molar-refractivity contribution in [3.05, 3.63) is 67.5 Å². The highest BCUT2D eigenvalue weighted by atomic mass is 35.5. The van der Waals surface area contributed by atoms with Gasteiger partial charge in [-0.05, 0) is 31.5 Å². The third-order valence-corrected chi connectivity index (χ3v) is 6.43. The molecule has 0 saturated heterocycles. The minimum absolute atomic E-state index is 0.193. The number of hydrogen-bond donors (Lipinski definition) is 1. The lowest BCUT2D eigenvalue weighted by molar-refractivity contribution is 0.818. The second-order valence-corrected chi connectivity index (χ2v) is 8.36. The summed E-state index contributed by atoms with van der Waals surface area (Å²) in [6.45, 7) is 3.90. The van der Waals surface area contributed by atoms with Gasteiger partial charge in [-0.25, -0.2) is 9.97 Å². The molecule has 1 N–H and O–H groups in total. The highest BCUT2D eigenvalue weighted by Crippen LogP contribution is 2.28. The molecular weight excluding hydrogens is 402 g/mol. The summed E-state index contributed by atoms with van der Waals surface area (Å²) in [5.74, 6) is 0. The van der Waals surface area contributed by atoms with E-state index in [1.165, 1.54) is 39.9 Å². The highest BCUT2D eigenvalue weighted by Gasteiger charge is 2.12. The van der Waals surface area contributed by atoms with Crippen LogP contribution in [0.15, 0.2) is 46.6 Å². The number of nitrogens with zero attached hydrogens (tertiary/aromatic N) is 4. The van der Waals surface area contributed by atoms with Crippen LogP contribution in [0.5, 0.6) is 0 Å². The minimum Gasteiger partial charge on any atom is -0.331 e. The first-order valence-corrected chi connectivity index (χ1v) is 10.0. The molecule has 27 heavy (non-hydrogen) atoms. The summed E-state index contributed by atoms with van der Waals surface area (Å²) >= 11 is 9.07. The largest absolute Gasteiger partial charge is 0.331 e. The summed E-state index contributed by atoms with van der Waals surface area (Å²) in [5, 5.41) is 9.01. The molecule has 1 aromatic carbocycles. The van der Waals surface area contributed by atoms with E-state index in [1.807, 2.05) is 44.2 Å². The summed E-state index contributed by atoms with van der Waals surface area (Å²) in [5.41, 5.74) is 1.67. The Hall–Kier alpha value is -2.55. The molecule has 136 valence electrons. The SMILES string of the molecule is Cc1sc2ncn(/N=C/c3sc(Nc4ccccc4)nc3Cl)c(=O)c2c1C. The van der Waals surface area contributed by atoms with Gasteiger partial charge in [0.25, 0.3) is 5.56 Å². The van der Waals surface area contributed by atoms with Crippen LogP contribution in [0, 0.1) is 13.8 Å². The molecular formula is C18H14ClN5OS2. The molecule has 4 rings (SSSR count).